The van der Waals surface area contributed by atoms with Gasteiger partial charge in [-0.05, 0) is 49.4 Å². The summed E-state index contributed by atoms with van der Waals surface area (Å²) in [6, 6.07) is 14.4. The van der Waals surface area contributed by atoms with Crippen LogP contribution in [0.3, 0.4) is 0 Å². The summed E-state index contributed by atoms with van der Waals surface area (Å²) >= 11 is 0.567. The summed E-state index contributed by atoms with van der Waals surface area (Å²) in [4.78, 5) is 4.09. The van der Waals surface area contributed by atoms with Gasteiger partial charge in [-0.25, -0.2) is 9.97 Å². The van der Waals surface area contributed by atoms with Crippen molar-refractivity contribution in [1.82, 2.24) is 14.4 Å². The summed E-state index contributed by atoms with van der Waals surface area (Å²) in [5.74, 6) is -2.30. The van der Waals surface area contributed by atoms with Crippen molar-refractivity contribution in [2.45, 2.75) is 26.5 Å². The van der Waals surface area contributed by atoms with Gasteiger partial charge in [0.2, 0.25) is 11.0 Å². The number of aliphatic hydroxyl groups is 2. The number of nitriles is 1. The van der Waals surface area contributed by atoms with Crippen LogP contribution < -0.4 is 9.47 Å². The van der Waals surface area contributed by atoms with Gasteiger partial charge in [-0.3, -0.25) is 22.6 Å². The zero-order valence-electron chi connectivity index (χ0n) is 36.4. The van der Waals surface area contributed by atoms with Gasteiger partial charge >= 0.3 is 0 Å². The number of benzene rings is 5. The van der Waals surface area contributed by atoms with Crippen LogP contribution in [0.1, 0.15) is 11.1 Å². The number of azo groups is 3. The molecule has 0 aliphatic heterocycles. The first kappa shape index (κ1) is 51.6. The minimum absolute atomic E-state index is 0.0342. The van der Waals surface area contributed by atoms with Crippen molar-refractivity contribution in [2.24, 2.45) is 30.7 Å². The van der Waals surface area contributed by atoms with Gasteiger partial charge in [0.15, 0.2) is 17.1 Å². The van der Waals surface area contributed by atoms with E-state index in [1.165, 1.54) is 11.3 Å². The second kappa shape index (κ2) is 19.4. The van der Waals surface area contributed by atoms with Crippen LogP contribution in [0.5, 0.6) is 23.1 Å². The van der Waals surface area contributed by atoms with Gasteiger partial charge in [0.1, 0.15) is 79.3 Å². The molecule has 0 atom stereocenters. The minimum Gasteiger partial charge on any atom is -0.505 e. The number of aromatic hydroxyl groups is 2. The largest absolute Gasteiger partial charge is 0.505 e. The van der Waals surface area contributed by atoms with E-state index in [1.54, 1.807) is 24.3 Å². The van der Waals surface area contributed by atoms with Crippen LogP contribution in [0.15, 0.2) is 117 Å². The number of aliphatic hydroxyl groups excluding tert-OH is 2. The predicted octanol–water partition coefficient (Wildman–Crippen LogP) is 6.82. The fourth-order valence-corrected chi connectivity index (χ4v) is 10.9. The van der Waals surface area contributed by atoms with E-state index in [0.29, 0.717) is 34.5 Å². The Balaban J connectivity index is 1.24. The summed E-state index contributed by atoms with van der Waals surface area (Å²) < 4.78 is 152. The Morgan fingerprint density at radius 1 is 0.671 bits per heavy atom. The van der Waals surface area contributed by atoms with E-state index in [0.717, 1.165) is 30.3 Å². The molecule has 3 heterocycles. The van der Waals surface area contributed by atoms with E-state index in [4.69, 9.17) is 9.47 Å². The molecule has 0 saturated carbocycles. The van der Waals surface area contributed by atoms with Crippen molar-refractivity contribution in [3.05, 3.63) is 77.9 Å². The molecule has 3 aromatic heterocycles. The van der Waals surface area contributed by atoms with E-state index < -0.39 is 126 Å². The van der Waals surface area contributed by atoms with Gasteiger partial charge in [0.25, 0.3) is 40.5 Å². The molecule has 73 heavy (non-hydrogen) atoms. The molecule has 0 aliphatic rings. The number of hydrogen-bond donors (Lipinski definition) is 8. The maximum absolute atomic E-state index is 13.1. The Morgan fingerprint density at radius 3 is 1.86 bits per heavy atom. The topological polar surface area (TPSA) is 445 Å². The van der Waals surface area contributed by atoms with E-state index in [2.05, 4.69) is 40.7 Å². The molecule has 0 unspecified atom stereocenters. The monoisotopic (exact) mass is 1100 g/mol. The number of aromatic nitrogens is 3. The Labute approximate surface area is 413 Å². The summed E-state index contributed by atoms with van der Waals surface area (Å²) in [6.45, 7) is -0.629. The zero-order chi connectivity index (χ0) is 52.9. The highest BCUT2D eigenvalue weighted by Gasteiger charge is 2.29. The number of rotatable bonds is 16. The number of nitrogens with zero attached hydrogens (tertiary/aromatic N) is 10. The van der Waals surface area contributed by atoms with Gasteiger partial charge in [-0.2, -0.15) is 38.9 Å². The molecule has 28 nitrogen and oxygen atoms in total. The molecular formula is C40H30N10O18S5. The highest BCUT2D eigenvalue weighted by Crippen LogP contribution is 2.48. The van der Waals surface area contributed by atoms with Crippen molar-refractivity contribution >= 4 is 123 Å². The molecule has 5 aromatic carbocycles. The van der Waals surface area contributed by atoms with Gasteiger partial charge in [-0.1, -0.05) is 23.5 Å². The lowest BCUT2D eigenvalue weighted by Crippen LogP contribution is -2.04. The smallest absolute Gasteiger partial charge is 0.297 e. The molecule has 33 heteroatoms. The lowest BCUT2D eigenvalue weighted by molar-refractivity contribution is 0.198. The molecule has 0 spiro atoms. The number of pyridine rings is 1. The summed E-state index contributed by atoms with van der Waals surface area (Å²) in [5, 5.41) is 74.2. The molecule has 0 radical (unpaired) electrons. The third-order valence-corrected chi connectivity index (χ3v) is 14.6. The number of fused-ring (bicyclic) bond motifs is 5. The summed E-state index contributed by atoms with van der Waals surface area (Å²) in [7, 11) is -21.0. The predicted molar refractivity (Wildman–Crippen MR) is 252 cm³/mol. The average Bonchev–Trinajstić information content (AvgIpc) is 3.92. The molecule has 8 N–H and O–H groups in total. The Morgan fingerprint density at radius 2 is 1.27 bits per heavy atom. The van der Waals surface area contributed by atoms with Crippen LogP contribution in [-0.4, -0.2) is 113 Å². The Bertz CT molecular complexity index is 4250. The number of hydrogen-bond acceptors (Lipinski definition) is 24. The highest BCUT2D eigenvalue weighted by molar-refractivity contribution is 7.87. The zero-order valence-corrected chi connectivity index (χ0v) is 40.4. The molecule has 0 bridgehead atoms. The molecule has 0 saturated heterocycles. The standard InChI is InChI=1S/C40H30N10O18S5/c1-18-22(17-41)38-42-23-4-2-3-5-27(23)50(38)39(54)33(18)47-44-24-7-6-20-21(37(24)73(64,65)66)14-32(72(61,62)63)35(36(20)53)48-45-25-15-29(68-11-9-52)26(16-28(25)67-10-8-51)46-49-40-43-34-30(69-40)12-19(70(55,56)57)13-31(34)71(58,59)60/h2-7,12-16,51-54H,8-11H2,1H3,(H,55,56,57)(H,58,59,60)(H,61,62,63)(H,64,65,66). The van der Waals surface area contributed by atoms with Gasteiger partial charge in [-0.15, -0.1) is 30.7 Å². The van der Waals surface area contributed by atoms with Crippen LogP contribution in [0.2, 0.25) is 0 Å². The average molecular weight is 1100 g/mol. The highest BCUT2D eigenvalue weighted by atomic mass is 32.2. The van der Waals surface area contributed by atoms with E-state index in [9.17, 15) is 77.6 Å². The minimum atomic E-state index is -5.51. The first-order valence-corrected chi connectivity index (χ1v) is 26.5. The SMILES string of the molecule is Cc1c(N=Nc2ccc3c(O)c(N=Nc4cc(OCCO)c(N=Nc5nc6c(S(=O)(=O)O)cc(S(=O)(=O)O)cc6s5)cc4OCCO)c(S(=O)(=O)O)cc3c2S(=O)(=O)O)c(O)n2c(nc3ccccc32)c1C#N. The van der Waals surface area contributed by atoms with Gasteiger partial charge < -0.3 is 29.9 Å². The number of phenols is 1. The number of ether oxygens (including phenoxy) is 2. The lowest BCUT2D eigenvalue weighted by Gasteiger charge is -2.14. The first-order valence-electron chi connectivity index (χ1n) is 20.0. The second-order valence-electron chi connectivity index (χ2n) is 14.8. The molecule has 0 fully saturated rings. The maximum atomic E-state index is 13.1. The van der Waals surface area contributed by atoms with Crippen molar-refractivity contribution in [1.29, 1.82) is 5.26 Å². The first-order chi connectivity index (χ1) is 34.3. The van der Waals surface area contributed by atoms with Crippen LogP contribution in [0.4, 0.5) is 33.6 Å². The van der Waals surface area contributed by atoms with Gasteiger partial charge in [0, 0.05) is 28.5 Å². The fourth-order valence-electron chi connectivity index (χ4n) is 7.14. The van der Waals surface area contributed by atoms with E-state index in [-0.39, 0.29) is 55.2 Å². The summed E-state index contributed by atoms with van der Waals surface area (Å²) in [5.41, 5.74) is -2.25. The van der Waals surface area contributed by atoms with Crippen molar-refractivity contribution < 1.29 is 81.8 Å². The number of imidazole rings is 1. The normalized spacial score (nSPS) is 12.9. The Hall–Kier alpha value is -7.75. The third kappa shape index (κ3) is 10.1. The number of para-hydroxylation sites is 2. The molecule has 0 amide bonds. The van der Waals surface area contributed by atoms with Crippen LogP contribution >= 0.6 is 11.3 Å². The number of thiazole rings is 1. The van der Waals surface area contributed by atoms with Crippen molar-refractivity contribution in [3.63, 3.8) is 0 Å². The third-order valence-electron chi connectivity index (χ3n) is 10.2. The molecular weight excluding hydrogens is 1070 g/mol. The van der Waals surface area contributed by atoms with E-state index >= 15 is 0 Å². The fraction of sp³-hybridized carbons (Fsp3) is 0.125. The maximum Gasteiger partial charge on any atom is 0.297 e. The molecule has 8 rings (SSSR count). The Kier molecular flexibility index (Phi) is 13.7. The van der Waals surface area contributed by atoms with Gasteiger partial charge in [0.05, 0.1) is 33.8 Å². The van der Waals surface area contributed by atoms with Crippen molar-refractivity contribution in [3.8, 4) is 29.2 Å². The van der Waals surface area contributed by atoms with Crippen LogP contribution in [0, 0.1) is 18.3 Å². The van der Waals surface area contributed by atoms with Crippen molar-refractivity contribution in [2.75, 3.05) is 26.4 Å². The van der Waals surface area contributed by atoms with Crippen LogP contribution in [-0.2, 0) is 40.5 Å². The molecule has 8 aromatic rings. The van der Waals surface area contributed by atoms with Crippen LogP contribution in [0.25, 0.3) is 37.7 Å². The number of phenolic OH excluding ortho intramolecular Hbond substituents is 1. The van der Waals surface area contributed by atoms with E-state index in [1.807, 2.05) is 6.07 Å². The molecule has 378 valence electrons. The second-order valence-corrected chi connectivity index (χ2v) is 21.4. The molecule has 0 aliphatic carbocycles. The quantitative estimate of drug-likeness (QED) is 0.0363. The lowest BCUT2D eigenvalue weighted by atomic mass is 10.1. The summed E-state index contributed by atoms with van der Waals surface area (Å²) in [6.07, 6.45) is 0.